The molecule has 15 heavy (non-hydrogen) atoms. The summed E-state index contributed by atoms with van der Waals surface area (Å²) in [5.74, 6) is -0.914. The third-order valence-electron chi connectivity index (χ3n) is 3.24. The second-order valence-electron chi connectivity index (χ2n) is 4.02. The highest BCUT2D eigenvalue weighted by Gasteiger charge is 2.69. The van der Waals surface area contributed by atoms with Gasteiger partial charge in [0.15, 0.2) is 0 Å². The molecule has 0 aromatic heterocycles. The molecule has 4 nitrogen and oxygen atoms in total. The first-order valence-corrected chi connectivity index (χ1v) is 5.33. The van der Waals surface area contributed by atoms with Crippen LogP contribution in [-0.2, 0) is 19.1 Å². The SMILES string of the molecule is CCOC(=O)C1C(C)C1(C)C(=O)OCC. The maximum absolute atomic E-state index is 11.6. The lowest BCUT2D eigenvalue weighted by atomic mass is 10.1. The lowest BCUT2D eigenvalue weighted by Crippen LogP contribution is -2.22. The fraction of sp³-hybridized carbons (Fsp3) is 0.818. The van der Waals surface area contributed by atoms with Crippen molar-refractivity contribution in [3.63, 3.8) is 0 Å². The van der Waals surface area contributed by atoms with Crippen molar-refractivity contribution in [2.45, 2.75) is 27.7 Å². The van der Waals surface area contributed by atoms with Crippen molar-refractivity contribution in [1.82, 2.24) is 0 Å². The Labute approximate surface area is 89.9 Å². The van der Waals surface area contributed by atoms with E-state index in [4.69, 9.17) is 9.47 Å². The molecular formula is C11H18O4. The van der Waals surface area contributed by atoms with Gasteiger partial charge in [-0.2, -0.15) is 0 Å². The highest BCUT2D eigenvalue weighted by Crippen LogP contribution is 2.59. The second kappa shape index (κ2) is 4.21. The largest absolute Gasteiger partial charge is 0.466 e. The van der Waals surface area contributed by atoms with Crippen LogP contribution in [0.1, 0.15) is 27.7 Å². The molecule has 1 aliphatic rings. The molecule has 3 atom stereocenters. The summed E-state index contributed by atoms with van der Waals surface area (Å²) in [5, 5.41) is 0. The molecule has 0 amide bonds. The summed E-state index contributed by atoms with van der Waals surface area (Å²) in [5.41, 5.74) is -0.678. The van der Waals surface area contributed by atoms with Gasteiger partial charge >= 0.3 is 11.9 Å². The zero-order valence-electron chi connectivity index (χ0n) is 9.70. The molecule has 0 N–H and O–H groups in total. The van der Waals surface area contributed by atoms with Gasteiger partial charge in [-0.3, -0.25) is 9.59 Å². The number of ether oxygens (including phenoxy) is 2. The van der Waals surface area contributed by atoms with Crippen molar-refractivity contribution in [3.8, 4) is 0 Å². The summed E-state index contributed by atoms with van der Waals surface area (Å²) >= 11 is 0. The van der Waals surface area contributed by atoms with E-state index in [-0.39, 0.29) is 23.8 Å². The number of hydrogen-bond donors (Lipinski definition) is 0. The van der Waals surface area contributed by atoms with Crippen molar-refractivity contribution >= 4 is 11.9 Å². The van der Waals surface area contributed by atoms with E-state index in [2.05, 4.69) is 0 Å². The number of esters is 2. The van der Waals surface area contributed by atoms with E-state index in [1.165, 1.54) is 0 Å². The van der Waals surface area contributed by atoms with Crippen LogP contribution in [0.15, 0.2) is 0 Å². The Balaban J connectivity index is 2.65. The van der Waals surface area contributed by atoms with Crippen molar-refractivity contribution in [1.29, 1.82) is 0 Å². The van der Waals surface area contributed by atoms with Gasteiger partial charge in [-0.25, -0.2) is 0 Å². The van der Waals surface area contributed by atoms with Crippen LogP contribution >= 0.6 is 0 Å². The van der Waals surface area contributed by atoms with Crippen LogP contribution in [0.5, 0.6) is 0 Å². The average molecular weight is 214 g/mol. The van der Waals surface area contributed by atoms with E-state index >= 15 is 0 Å². The van der Waals surface area contributed by atoms with Gasteiger partial charge in [0.2, 0.25) is 0 Å². The minimum Gasteiger partial charge on any atom is -0.466 e. The van der Waals surface area contributed by atoms with Gasteiger partial charge in [-0.05, 0) is 26.7 Å². The van der Waals surface area contributed by atoms with Crippen LogP contribution in [0.3, 0.4) is 0 Å². The predicted molar refractivity (Wildman–Crippen MR) is 54.0 cm³/mol. The molecule has 0 radical (unpaired) electrons. The minimum absolute atomic E-state index is 0.00981. The van der Waals surface area contributed by atoms with E-state index in [9.17, 15) is 9.59 Å². The topological polar surface area (TPSA) is 52.6 Å². The fourth-order valence-electron chi connectivity index (χ4n) is 2.01. The molecular weight excluding hydrogens is 196 g/mol. The molecule has 0 saturated heterocycles. The van der Waals surface area contributed by atoms with E-state index in [0.717, 1.165) is 0 Å². The molecule has 3 unspecified atom stereocenters. The molecule has 1 aliphatic carbocycles. The average Bonchev–Trinajstić information content (AvgIpc) is 2.72. The van der Waals surface area contributed by atoms with Crippen molar-refractivity contribution in [2.75, 3.05) is 13.2 Å². The molecule has 86 valence electrons. The lowest BCUT2D eigenvalue weighted by molar-refractivity contribution is -0.154. The number of carbonyl (C=O) groups excluding carboxylic acids is 2. The van der Waals surface area contributed by atoms with Gasteiger partial charge in [0.1, 0.15) is 0 Å². The Morgan fingerprint density at radius 3 is 2.20 bits per heavy atom. The molecule has 0 aromatic rings. The molecule has 0 spiro atoms. The second-order valence-corrected chi connectivity index (χ2v) is 4.02. The van der Waals surface area contributed by atoms with Crippen LogP contribution in [0.4, 0.5) is 0 Å². The van der Waals surface area contributed by atoms with Crippen molar-refractivity contribution in [3.05, 3.63) is 0 Å². The Hall–Kier alpha value is -1.06. The van der Waals surface area contributed by atoms with Crippen LogP contribution in [0.25, 0.3) is 0 Å². The lowest BCUT2D eigenvalue weighted by Gasteiger charge is -2.09. The summed E-state index contributed by atoms with van der Waals surface area (Å²) in [7, 11) is 0. The molecule has 0 heterocycles. The Bertz CT molecular complexity index is 274. The minimum atomic E-state index is -0.678. The van der Waals surface area contributed by atoms with E-state index in [1.54, 1.807) is 20.8 Å². The Morgan fingerprint density at radius 2 is 1.73 bits per heavy atom. The Kier molecular flexibility index (Phi) is 3.37. The van der Waals surface area contributed by atoms with Crippen molar-refractivity contribution in [2.24, 2.45) is 17.3 Å². The van der Waals surface area contributed by atoms with Crippen LogP contribution in [0, 0.1) is 17.3 Å². The van der Waals surface area contributed by atoms with Gasteiger partial charge in [-0.15, -0.1) is 0 Å². The number of carbonyl (C=O) groups is 2. The molecule has 4 heteroatoms. The first kappa shape index (κ1) is 12.0. The van der Waals surface area contributed by atoms with Gasteiger partial charge in [0.25, 0.3) is 0 Å². The van der Waals surface area contributed by atoms with Gasteiger partial charge < -0.3 is 9.47 Å². The van der Waals surface area contributed by atoms with Gasteiger partial charge in [0.05, 0.1) is 24.5 Å². The molecule has 1 fully saturated rings. The van der Waals surface area contributed by atoms with Crippen molar-refractivity contribution < 1.29 is 19.1 Å². The van der Waals surface area contributed by atoms with Gasteiger partial charge in [-0.1, -0.05) is 6.92 Å². The normalized spacial score (nSPS) is 33.3. The van der Waals surface area contributed by atoms with E-state index in [1.807, 2.05) is 6.92 Å². The molecule has 1 saturated carbocycles. The zero-order chi connectivity index (χ0) is 11.6. The maximum Gasteiger partial charge on any atom is 0.312 e. The van der Waals surface area contributed by atoms with E-state index < -0.39 is 5.41 Å². The summed E-state index contributed by atoms with van der Waals surface area (Å²) in [6.45, 7) is 7.84. The summed E-state index contributed by atoms with van der Waals surface area (Å²) in [6.07, 6.45) is 0. The first-order valence-electron chi connectivity index (χ1n) is 5.33. The van der Waals surface area contributed by atoms with Gasteiger partial charge in [0, 0.05) is 0 Å². The standard InChI is InChI=1S/C11H18O4/c1-5-14-9(12)8-7(3)11(8,4)10(13)15-6-2/h7-8H,5-6H2,1-4H3. The van der Waals surface area contributed by atoms with Crippen LogP contribution in [-0.4, -0.2) is 25.2 Å². The third kappa shape index (κ3) is 1.85. The smallest absolute Gasteiger partial charge is 0.312 e. The number of hydrogen-bond acceptors (Lipinski definition) is 4. The third-order valence-corrected chi connectivity index (χ3v) is 3.24. The highest BCUT2D eigenvalue weighted by atomic mass is 16.5. The quantitative estimate of drug-likeness (QED) is 0.663. The molecule has 0 aromatic carbocycles. The fourth-order valence-corrected chi connectivity index (χ4v) is 2.01. The first-order chi connectivity index (χ1) is 7.00. The summed E-state index contributed by atoms with van der Waals surface area (Å²) < 4.78 is 9.86. The molecule has 0 bridgehead atoms. The Morgan fingerprint density at radius 1 is 1.20 bits per heavy atom. The monoisotopic (exact) mass is 214 g/mol. The zero-order valence-corrected chi connectivity index (χ0v) is 9.70. The van der Waals surface area contributed by atoms with Crippen LogP contribution < -0.4 is 0 Å². The van der Waals surface area contributed by atoms with E-state index in [0.29, 0.717) is 13.2 Å². The summed E-state index contributed by atoms with van der Waals surface area (Å²) in [4.78, 5) is 23.1. The number of rotatable bonds is 4. The molecule has 1 rings (SSSR count). The highest BCUT2D eigenvalue weighted by molar-refractivity contribution is 5.91. The summed E-state index contributed by atoms with van der Waals surface area (Å²) in [6, 6.07) is 0. The predicted octanol–water partition coefficient (Wildman–Crippen LogP) is 1.38. The molecule has 0 aliphatic heterocycles. The van der Waals surface area contributed by atoms with Crippen LogP contribution in [0.2, 0.25) is 0 Å². The maximum atomic E-state index is 11.6.